The van der Waals surface area contributed by atoms with Gasteiger partial charge in [0.15, 0.2) is 0 Å². The molecule has 13 heavy (non-hydrogen) atoms. The number of rotatable bonds is 2. The second kappa shape index (κ2) is 4.21. The van der Waals surface area contributed by atoms with Crippen molar-refractivity contribution in [1.82, 2.24) is 4.90 Å². The van der Waals surface area contributed by atoms with Gasteiger partial charge in [0.2, 0.25) is 5.91 Å². The largest absolute Gasteiger partial charge is 0.394 e. The molecule has 1 aliphatic rings. The molecule has 0 aromatic heterocycles. The van der Waals surface area contributed by atoms with Crippen LogP contribution in [0.1, 0.15) is 12.8 Å². The number of amides is 1. The van der Waals surface area contributed by atoms with Crippen LogP contribution in [0.5, 0.6) is 0 Å². The van der Waals surface area contributed by atoms with E-state index < -0.39 is 6.10 Å². The lowest BCUT2D eigenvalue weighted by atomic mass is 10.2. The normalized spacial score (nSPS) is 27.3. The number of nitriles is 1. The fourth-order valence-corrected chi connectivity index (χ4v) is 1.54. The van der Waals surface area contributed by atoms with E-state index in [9.17, 15) is 9.90 Å². The molecule has 1 saturated heterocycles. The van der Waals surface area contributed by atoms with Gasteiger partial charge in [-0.25, -0.2) is 0 Å². The molecule has 72 valence electrons. The second-order valence-corrected chi connectivity index (χ2v) is 3.11. The van der Waals surface area contributed by atoms with Crippen LogP contribution in [0.4, 0.5) is 0 Å². The van der Waals surface area contributed by atoms with E-state index in [4.69, 9.17) is 10.4 Å². The van der Waals surface area contributed by atoms with Gasteiger partial charge in [-0.3, -0.25) is 4.79 Å². The van der Waals surface area contributed by atoms with E-state index in [2.05, 4.69) is 0 Å². The Hall–Kier alpha value is -1.12. The fourth-order valence-electron chi connectivity index (χ4n) is 1.54. The Morgan fingerprint density at radius 1 is 1.69 bits per heavy atom. The molecule has 0 aliphatic carbocycles. The molecule has 1 aliphatic heterocycles. The van der Waals surface area contributed by atoms with E-state index in [1.54, 1.807) is 6.07 Å². The van der Waals surface area contributed by atoms with Crippen molar-refractivity contribution in [1.29, 1.82) is 5.26 Å². The predicted molar refractivity (Wildman–Crippen MR) is 43.4 cm³/mol. The Bertz CT molecular complexity index is 236. The van der Waals surface area contributed by atoms with Gasteiger partial charge in [-0.15, -0.1) is 0 Å². The summed E-state index contributed by atoms with van der Waals surface area (Å²) in [6.45, 7) is 0.0694. The van der Waals surface area contributed by atoms with Gasteiger partial charge in [-0.1, -0.05) is 0 Å². The zero-order valence-electron chi connectivity index (χ0n) is 7.18. The second-order valence-electron chi connectivity index (χ2n) is 3.11. The van der Waals surface area contributed by atoms with Crippen LogP contribution in [0.25, 0.3) is 0 Å². The van der Waals surface area contributed by atoms with Gasteiger partial charge < -0.3 is 15.1 Å². The van der Waals surface area contributed by atoms with E-state index in [-0.39, 0.29) is 31.5 Å². The average molecular weight is 184 g/mol. The maximum Gasteiger partial charge on any atom is 0.237 e. The molecule has 5 heteroatoms. The first-order valence-corrected chi connectivity index (χ1v) is 4.14. The summed E-state index contributed by atoms with van der Waals surface area (Å²) in [5.74, 6) is -0.321. The van der Waals surface area contributed by atoms with Crippen LogP contribution in [0.15, 0.2) is 0 Å². The number of likely N-dealkylation sites (tertiary alicyclic amines) is 1. The first-order valence-electron chi connectivity index (χ1n) is 4.14. The number of aliphatic hydroxyl groups excluding tert-OH is 2. The summed E-state index contributed by atoms with van der Waals surface area (Å²) < 4.78 is 0. The van der Waals surface area contributed by atoms with E-state index in [1.165, 1.54) is 4.90 Å². The third kappa shape index (κ3) is 2.17. The monoisotopic (exact) mass is 184 g/mol. The molecule has 0 radical (unpaired) electrons. The van der Waals surface area contributed by atoms with Gasteiger partial charge in [0.05, 0.1) is 24.8 Å². The highest BCUT2D eigenvalue weighted by molar-refractivity contribution is 5.78. The summed E-state index contributed by atoms with van der Waals surface area (Å²) in [5.41, 5.74) is 0. The van der Waals surface area contributed by atoms with E-state index in [1.807, 2.05) is 0 Å². The highest BCUT2D eigenvalue weighted by atomic mass is 16.3. The number of nitrogens with zero attached hydrogens (tertiary/aromatic N) is 2. The van der Waals surface area contributed by atoms with Crippen molar-refractivity contribution >= 4 is 5.91 Å². The Balaban J connectivity index is 2.58. The summed E-state index contributed by atoms with van der Waals surface area (Å²) >= 11 is 0. The quantitative estimate of drug-likeness (QED) is 0.567. The molecule has 1 heterocycles. The molecule has 2 N–H and O–H groups in total. The van der Waals surface area contributed by atoms with Crippen LogP contribution in [-0.2, 0) is 4.79 Å². The van der Waals surface area contributed by atoms with Gasteiger partial charge in [0.1, 0.15) is 6.42 Å². The smallest absolute Gasteiger partial charge is 0.237 e. The summed E-state index contributed by atoms with van der Waals surface area (Å²) in [7, 11) is 0. The Kier molecular flexibility index (Phi) is 3.23. The summed E-state index contributed by atoms with van der Waals surface area (Å²) in [4.78, 5) is 12.6. The summed E-state index contributed by atoms with van der Waals surface area (Å²) in [6, 6.07) is 1.43. The van der Waals surface area contributed by atoms with Crippen LogP contribution >= 0.6 is 0 Å². The van der Waals surface area contributed by atoms with E-state index in [0.717, 1.165) is 0 Å². The minimum atomic E-state index is -0.570. The van der Waals surface area contributed by atoms with Crippen molar-refractivity contribution in [3.05, 3.63) is 0 Å². The van der Waals surface area contributed by atoms with Gasteiger partial charge in [-0.05, 0) is 6.42 Å². The summed E-state index contributed by atoms with van der Waals surface area (Å²) in [5, 5.41) is 26.4. The molecule has 0 spiro atoms. The van der Waals surface area contributed by atoms with Crippen LogP contribution in [0, 0.1) is 11.3 Å². The number of carbonyl (C=O) groups is 1. The number of hydrogen-bond acceptors (Lipinski definition) is 4. The molecule has 0 unspecified atom stereocenters. The van der Waals surface area contributed by atoms with Crippen molar-refractivity contribution in [2.45, 2.75) is 25.0 Å². The average Bonchev–Trinajstić information content (AvgIpc) is 2.47. The SMILES string of the molecule is N#CCC(=O)N1C[C@@H](O)C[C@H]1CO. The topological polar surface area (TPSA) is 84.6 Å². The van der Waals surface area contributed by atoms with Crippen molar-refractivity contribution in [2.24, 2.45) is 0 Å². The van der Waals surface area contributed by atoms with Crippen LogP contribution < -0.4 is 0 Å². The number of aliphatic hydroxyl groups is 2. The van der Waals surface area contributed by atoms with Crippen molar-refractivity contribution in [2.75, 3.05) is 13.2 Å². The minimum Gasteiger partial charge on any atom is -0.394 e. The molecule has 0 bridgehead atoms. The number of β-amino-alcohol motifs (C(OH)–C–C–N with tert-alkyl or cyclic N) is 1. The first kappa shape index (κ1) is 9.96. The van der Waals surface area contributed by atoms with Gasteiger partial charge in [-0.2, -0.15) is 5.26 Å². The first-order chi connectivity index (χ1) is 6.19. The third-order valence-corrected chi connectivity index (χ3v) is 2.15. The number of hydrogen-bond donors (Lipinski definition) is 2. The lowest BCUT2D eigenvalue weighted by molar-refractivity contribution is -0.131. The van der Waals surface area contributed by atoms with E-state index in [0.29, 0.717) is 6.42 Å². The predicted octanol–water partition coefficient (Wildman–Crippen LogP) is -1.15. The zero-order valence-corrected chi connectivity index (χ0v) is 7.18. The summed E-state index contributed by atoms with van der Waals surface area (Å²) in [6.07, 6.45) is -0.364. The van der Waals surface area contributed by atoms with Crippen molar-refractivity contribution < 1.29 is 15.0 Å². The molecule has 2 atom stereocenters. The molecule has 0 aromatic rings. The maximum absolute atomic E-state index is 11.2. The zero-order chi connectivity index (χ0) is 9.84. The van der Waals surface area contributed by atoms with E-state index >= 15 is 0 Å². The molecule has 0 saturated carbocycles. The fraction of sp³-hybridized carbons (Fsp3) is 0.750. The molecule has 5 nitrogen and oxygen atoms in total. The van der Waals surface area contributed by atoms with Crippen LogP contribution in [-0.4, -0.2) is 46.3 Å². The lowest BCUT2D eigenvalue weighted by Crippen LogP contribution is -2.37. The molecular weight excluding hydrogens is 172 g/mol. The third-order valence-electron chi connectivity index (χ3n) is 2.15. The Labute approximate surface area is 76.2 Å². The molecular formula is C8H12N2O3. The molecule has 0 aromatic carbocycles. The van der Waals surface area contributed by atoms with Gasteiger partial charge in [0.25, 0.3) is 0 Å². The molecule has 1 rings (SSSR count). The number of carbonyl (C=O) groups excluding carboxylic acids is 1. The molecule has 1 fully saturated rings. The minimum absolute atomic E-state index is 0.159. The molecule has 1 amide bonds. The van der Waals surface area contributed by atoms with Crippen molar-refractivity contribution in [3.63, 3.8) is 0 Å². The van der Waals surface area contributed by atoms with Gasteiger partial charge in [0, 0.05) is 6.54 Å². The Morgan fingerprint density at radius 2 is 2.38 bits per heavy atom. The lowest BCUT2D eigenvalue weighted by Gasteiger charge is -2.21. The van der Waals surface area contributed by atoms with Crippen LogP contribution in [0.3, 0.4) is 0 Å². The van der Waals surface area contributed by atoms with Crippen molar-refractivity contribution in [3.8, 4) is 6.07 Å². The standard InChI is InChI=1S/C8H12N2O3/c9-2-1-8(13)10-4-7(12)3-6(10)5-11/h6-7,11-12H,1,3-5H2/t6-,7-/m0/s1. The Morgan fingerprint density at radius 3 is 2.92 bits per heavy atom. The maximum atomic E-state index is 11.2. The van der Waals surface area contributed by atoms with Gasteiger partial charge >= 0.3 is 0 Å². The highest BCUT2D eigenvalue weighted by Gasteiger charge is 2.33. The van der Waals surface area contributed by atoms with Crippen LogP contribution in [0.2, 0.25) is 0 Å². The highest BCUT2D eigenvalue weighted by Crippen LogP contribution is 2.17.